The number of carbonyl (C=O) groups is 1. The number of hydrogen-bond donors (Lipinski definition) is 1. The zero-order valence-electron chi connectivity index (χ0n) is 10.0. The van der Waals surface area contributed by atoms with Crippen LogP contribution in [0.15, 0.2) is 12.7 Å². The van der Waals surface area contributed by atoms with E-state index in [4.69, 9.17) is 4.74 Å². The number of esters is 1. The quantitative estimate of drug-likeness (QED) is 0.735. The van der Waals surface area contributed by atoms with Crippen molar-refractivity contribution >= 4 is 5.97 Å². The Bertz CT molecular complexity index is 324. The van der Waals surface area contributed by atoms with E-state index in [1.165, 1.54) is 13.4 Å². The van der Waals surface area contributed by atoms with Gasteiger partial charge in [-0.25, -0.2) is 9.67 Å². The molecule has 0 amide bonds. The van der Waals surface area contributed by atoms with Gasteiger partial charge in [-0.1, -0.05) is 13.8 Å². The lowest BCUT2D eigenvalue weighted by Gasteiger charge is -2.24. The van der Waals surface area contributed by atoms with E-state index in [0.717, 1.165) is 0 Å². The molecule has 0 aliphatic heterocycles. The summed E-state index contributed by atoms with van der Waals surface area (Å²) in [5.74, 6) is -0.295. The van der Waals surface area contributed by atoms with Gasteiger partial charge in [0.05, 0.1) is 13.2 Å². The highest BCUT2D eigenvalue weighted by Crippen LogP contribution is 2.11. The minimum Gasteiger partial charge on any atom is -0.468 e. The molecule has 2 unspecified atom stereocenters. The highest BCUT2D eigenvalue weighted by molar-refractivity contribution is 5.76. The van der Waals surface area contributed by atoms with E-state index in [9.17, 15) is 4.79 Å². The molecule has 0 aromatic carbocycles. The average molecular weight is 226 g/mol. The Morgan fingerprint density at radius 1 is 1.44 bits per heavy atom. The molecule has 16 heavy (non-hydrogen) atoms. The summed E-state index contributed by atoms with van der Waals surface area (Å²) in [7, 11) is 1.38. The van der Waals surface area contributed by atoms with Gasteiger partial charge in [-0.05, 0) is 6.92 Å². The maximum absolute atomic E-state index is 11.6. The summed E-state index contributed by atoms with van der Waals surface area (Å²) in [6, 6.07) is -0.376. The first-order valence-corrected chi connectivity index (χ1v) is 5.24. The monoisotopic (exact) mass is 226 g/mol. The molecule has 0 saturated heterocycles. The van der Waals surface area contributed by atoms with Crippen LogP contribution in [-0.4, -0.2) is 39.9 Å². The molecule has 0 fully saturated rings. The van der Waals surface area contributed by atoms with E-state index in [2.05, 4.69) is 15.4 Å². The maximum Gasteiger partial charge on any atom is 0.325 e. The zero-order chi connectivity index (χ0) is 12.1. The van der Waals surface area contributed by atoms with Crippen LogP contribution in [0.2, 0.25) is 0 Å². The Morgan fingerprint density at radius 3 is 2.56 bits per heavy atom. The van der Waals surface area contributed by atoms with Crippen molar-refractivity contribution in [2.24, 2.45) is 0 Å². The van der Waals surface area contributed by atoms with Gasteiger partial charge in [-0.2, -0.15) is 5.10 Å². The number of hydrogen-bond acceptors (Lipinski definition) is 5. The van der Waals surface area contributed by atoms with Crippen molar-refractivity contribution in [3.05, 3.63) is 12.7 Å². The first-order chi connectivity index (χ1) is 7.56. The molecule has 1 rings (SSSR count). The van der Waals surface area contributed by atoms with Gasteiger partial charge in [0.15, 0.2) is 0 Å². The van der Waals surface area contributed by atoms with Gasteiger partial charge in [0.2, 0.25) is 0 Å². The molecule has 6 heteroatoms. The molecule has 1 aromatic rings. The highest BCUT2D eigenvalue weighted by Gasteiger charge is 2.28. The number of rotatable bonds is 5. The number of carbonyl (C=O) groups excluding carboxylic acids is 1. The predicted octanol–water partition coefficient (Wildman–Crippen LogP) is 0.379. The molecule has 6 nitrogen and oxygen atoms in total. The lowest BCUT2D eigenvalue weighted by molar-refractivity contribution is -0.144. The number of nitrogens with zero attached hydrogens (tertiary/aromatic N) is 3. The van der Waals surface area contributed by atoms with Crippen LogP contribution in [0.1, 0.15) is 26.8 Å². The second kappa shape index (κ2) is 5.60. The maximum atomic E-state index is 11.6. The Kier molecular flexibility index (Phi) is 4.42. The van der Waals surface area contributed by atoms with Gasteiger partial charge in [0.1, 0.15) is 18.7 Å². The van der Waals surface area contributed by atoms with Crippen LogP contribution < -0.4 is 5.32 Å². The Labute approximate surface area is 95.0 Å². The molecule has 1 aromatic heterocycles. The summed E-state index contributed by atoms with van der Waals surface area (Å²) in [6.45, 7) is 5.85. The second-order valence-corrected chi connectivity index (χ2v) is 3.94. The van der Waals surface area contributed by atoms with E-state index in [-0.39, 0.29) is 18.1 Å². The lowest BCUT2D eigenvalue weighted by atomic mass is 10.1. The van der Waals surface area contributed by atoms with Crippen LogP contribution in [0.25, 0.3) is 0 Å². The first-order valence-electron chi connectivity index (χ1n) is 5.24. The topological polar surface area (TPSA) is 69.0 Å². The summed E-state index contributed by atoms with van der Waals surface area (Å²) >= 11 is 0. The predicted molar refractivity (Wildman–Crippen MR) is 58.8 cm³/mol. The fourth-order valence-corrected chi connectivity index (χ4v) is 1.47. The summed E-state index contributed by atoms with van der Waals surface area (Å²) in [4.78, 5) is 15.5. The Morgan fingerprint density at radius 2 is 2.12 bits per heavy atom. The van der Waals surface area contributed by atoms with Gasteiger partial charge in [0.25, 0.3) is 0 Å². The number of ether oxygens (including phenoxy) is 1. The Balaban J connectivity index is 2.79. The number of nitrogens with one attached hydrogen (secondary N) is 1. The van der Waals surface area contributed by atoms with Crippen LogP contribution in [0.3, 0.4) is 0 Å². The lowest BCUT2D eigenvalue weighted by Crippen LogP contribution is -2.46. The second-order valence-electron chi connectivity index (χ2n) is 3.94. The van der Waals surface area contributed by atoms with E-state index in [1.54, 1.807) is 11.0 Å². The Hall–Kier alpha value is -1.43. The molecular formula is C10H18N4O2. The summed E-state index contributed by atoms with van der Waals surface area (Å²) < 4.78 is 6.41. The molecule has 0 spiro atoms. The van der Waals surface area contributed by atoms with Gasteiger partial charge < -0.3 is 10.1 Å². The molecule has 0 aliphatic rings. The number of methoxy groups -OCH3 is 1. The van der Waals surface area contributed by atoms with Crippen molar-refractivity contribution in [1.82, 2.24) is 20.1 Å². The van der Waals surface area contributed by atoms with Crippen LogP contribution >= 0.6 is 0 Å². The molecule has 0 aliphatic carbocycles. The van der Waals surface area contributed by atoms with Crippen LogP contribution in [0.4, 0.5) is 0 Å². The van der Waals surface area contributed by atoms with Crippen molar-refractivity contribution < 1.29 is 9.53 Å². The van der Waals surface area contributed by atoms with Crippen LogP contribution in [0.5, 0.6) is 0 Å². The van der Waals surface area contributed by atoms with Crippen LogP contribution in [0, 0.1) is 0 Å². The van der Waals surface area contributed by atoms with E-state index in [0.29, 0.717) is 0 Å². The summed E-state index contributed by atoms with van der Waals surface area (Å²) in [6.07, 6.45) is 3.03. The molecule has 1 N–H and O–H groups in total. The van der Waals surface area contributed by atoms with Gasteiger partial charge in [-0.3, -0.25) is 4.79 Å². The fourth-order valence-electron chi connectivity index (χ4n) is 1.47. The third kappa shape index (κ3) is 3.03. The highest BCUT2D eigenvalue weighted by atomic mass is 16.5. The number of aromatic nitrogens is 3. The van der Waals surface area contributed by atoms with E-state index in [1.807, 2.05) is 20.8 Å². The third-order valence-corrected chi connectivity index (χ3v) is 2.30. The molecule has 90 valence electrons. The molecule has 2 atom stereocenters. The molecular weight excluding hydrogens is 208 g/mol. The third-order valence-electron chi connectivity index (χ3n) is 2.30. The average Bonchev–Trinajstić information content (AvgIpc) is 2.77. The smallest absolute Gasteiger partial charge is 0.325 e. The molecule has 0 bridgehead atoms. The SMILES string of the molecule is COC(=O)C(NC(C)C)C(C)n1cncn1. The summed E-state index contributed by atoms with van der Waals surface area (Å²) in [5, 5.41) is 7.17. The van der Waals surface area contributed by atoms with E-state index < -0.39 is 6.04 Å². The normalized spacial score (nSPS) is 14.8. The zero-order valence-corrected chi connectivity index (χ0v) is 10.0. The fraction of sp³-hybridized carbons (Fsp3) is 0.700. The van der Waals surface area contributed by atoms with Gasteiger partial charge in [0, 0.05) is 6.04 Å². The molecule has 0 radical (unpaired) electrons. The minimum absolute atomic E-state index is 0.141. The minimum atomic E-state index is -0.424. The standard InChI is InChI=1S/C10H18N4O2/c1-7(2)13-9(10(15)16-4)8(3)14-6-11-5-12-14/h5-9,13H,1-4H3. The van der Waals surface area contributed by atoms with Gasteiger partial charge in [-0.15, -0.1) is 0 Å². The van der Waals surface area contributed by atoms with Crippen molar-refractivity contribution in [1.29, 1.82) is 0 Å². The largest absolute Gasteiger partial charge is 0.468 e. The summed E-state index contributed by atoms with van der Waals surface area (Å²) in [5.41, 5.74) is 0. The first kappa shape index (κ1) is 12.6. The van der Waals surface area contributed by atoms with Crippen molar-refractivity contribution in [3.8, 4) is 0 Å². The van der Waals surface area contributed by atoms with Crippen molar-refractivity contribution in [3.63, 3.8) is 0 Å². The van der Waals surface area contributed by atoms with Gasteiger partial charge >= 0.3 is 5.97 Å². The van der Waals surface area contributed by atoms with Crippen LogP contribution in [-0.2, 0) is 9.53 Å². The van der Waals surface area contributed by atoms with Crippen molar-refractivity contribution in [2.75, 3.05) is 7.11 Å². The molecule has 1 heterocycles. The molecule has 0 saturated carbocycles. The van der Waals surface area contributed by atoms with E-state index >= 15 is 0 Å². The van der Waals surface area contributed by atoms with Crippen molar-refractivity contribution in [2.45, 2.75) is 38.9 Å².